The monoisotopic (exact) mass is 333 g/mol. The molecule has 0 bridgehead atoms. The van der Waals surface area contributed by atoms with Gasteiger partial charge in [-0.2, -0.15) is 0 Å². The van der Waals surface area contributed by atoms with Gasteiger partial charge >= 0.3 is 11.9 Å². The van der Waals surface area contributed by atoms with Crippen molar-refractivity contribution in [2.75, 3.05) is 6.54 Å². The second-order valence-corrected chi connectivity index (χ2v) is 7.30. The minimum atomic E-state index is -1.83. The lowest BCUT2D eigenvalue weighted by Gasteiger charge is -2.55. The van der Waals surface area contributed by atoms with E-state index < -0.39 is 34.1 Å². The zero-order valence-electron chi connectivity index (χ0n) is 14.4. The van der Waals surface area contributed by atoms with Crippen LogP contribution >= 0.6 is 0 Å². The minimum Gasteiger partial charge on any atom is -0.480 e. The van der Waals surface area contributed by atoms with Crippen LogP contribution in [0, 0.1) is 10.8 Å². The molecular weight excluding hydrogens is 310 g/mol. The fraction of sp³-hybridized carbons (Fsp3) is 0.500. The molecule has 2 N–H and O–H groups in total. The molecule has 1 fully saturated rings. The number of aliphatic carboxylic acids is 2. The van der Waals surface area contributed by atoms with Gasteiger partial charge in [-0.15, -0.1) is 0 Å². The van der Waals surface area contributed by atoms with E-state index in [4.69, 9.17) is 0 Å². The smallest absolute Gasteiger partial charge is 0.318 e. The Hall–Kier alpha value is -2.21. The van der Waals surface area contributed by atoms with Crippen molar-refractivity contribution in [1.29, 1.82) is 0 Å². The van der Waals surface area contributed by atoms with Crippen molar-refractivity contribution in [1.82, 2.24) is 4.90 Å². The fourth-order valence-electron chi connectivity index (χ4n) is 3.38. The molecule has 0 radical (unpaired) electrons. The van der Waals surface area contributed by atoms with Gasteiger partial charge in [-0.3, -0.25) is 19.3 Å². The predicted octanol–water partition coefficient (Wildman–Crippen LogP) is 2.03. The molecule has 1 aliphatic heterocycles. The molecule has 1 aromatic rings. The number of carbonyl (C=O) groups is 3. The van der Waals surface area contributed by atoms with Gasteiger partial charge < -0.3 is 10.2 Å². The number of hydrogen-bond acceptors (Lipinski definition) is 4. The molecule has 1 heterocycles. The molecular formula is C18H23NO5. The zero-order valence-corrected chi connectivity index (χ0v) is 14.4. The number of ketones is 1. The number of rotatable bonds is 4. The Morgan fingerprint density at radius 2 is 1.58 bits per heavy atom. The lowest BCUT2D eigenvalue weighted by molar-refractivity contribution is -0.185. The number of carboxylic acids is 2. The lowest BCUT2D eigenvalue weighted by atomic mass is 9.58. The quantitative estimate of drug-likeness (QED) is 0.819. The highest BCUT2D eigenvalue weighted by atomic mass is 16.4. The molecule has 1 aromatic carbocycles. The molecule has 130 valence electrons. The largest absolute Gasteiger partial charge is 0.480 e. The maximum Gasteiger partial charge on any atom is 0.318 e. The molecule has 2 rings (SSSR count). The molecule has 6 nitrogen and oxygen atoms in total. The number of carboxylic acid groups (broad SMARTS) is 2. The maximum atomic E-state index is 12.9. The summed E-state index contributed by atoms with van der Waals surface area (Å²) in [4.78, 5) is 38.4. The summed E-state index contributed by atoms with van der Waals surface area (Å²) in [5.74, 6) is -3.36. The predicted molar refractivity (Wildman–Crippen MR) is 87.4 cm³/mol. The Morgan fingerprint density at radius 1 is 1.04 bits per heavy atom. The summed E-state index contributed by atoms with van der Waals surface area (Å²) < 4.78 is 0. The van der Waals surface area contributed by atoms with E-state index in [1.807, 2.05) is 30.3 Å². The van der Waals surface area contributed by atoms with E-state index in [1.54, 1.807) is 18.7 Å². The first-order valence-corrected chi connectivity index (χ1v) is 7.78. The first kappa shape index (κ1) is 18.1. The van der Waals surface area contributed by atoms with Gasteiger partial charge in [0.25, 0.3) is 0 Å². The number of carbonyl (C=O) groups excluding carboxylic acids is 1. The normalized spacial score (nSPS) is 30.1. The van der Waals surface area contributed by atoms with E-state index in [9.17, 15) is 24.6 Å². The third kappa shape index (κ3) is 2.41. The molecule has 1 aliphatic rings. The highest BCUT2D eigenvalue weighted by Crippen LogP contribution is 2.48. The van der Waals surface area contributed by atoms with Crippen LogP contribution in [-0.2, 0) is 20.9 Å². The molecule has 24 heavy (non-hydrogen) atoms. The van der Waals surface area contributed by atoms with Gasteiger partial charge in [0.2, 0.25) is 0 Å². The Kier molecular flexibility index (Phi) is 4.31. The molecule has 0 spiro atoms. The summed E-state index contributed by atoms with van der Waals surface area (Å²) in [5, 5.41) is 19.4. The van der Waals surface area contributed by atoms with Gasteiger partial charge in [0.15, 0.2) is 5.78 Å². The molecule has 0 aliphatic carbocycles. The summed E-state index contributed by atoms with van der Waals surface area (Å²) in [7, 11) is 0. The first-order valence-electron chi connectivity index (χ1n) is 7.78. The third-order valence-corrected chi connectivity index (χ3v) is 5.59. The second kappa shape index (κ2) is 5.70. The Morgan fingerprint density at radius 3 is 2.04 bits per heavy atom. The van der Waals surface area contributed by atoms with Crippen molar-refractivity contribution in [3.05, 3.63) is 35.9 Å². The van der Waals surface area contributed by atoms with Gasteiger partial charge in [0, 0.05) is 18.6 Å². The Bertz CT molecular complexity index is 684. The molecule has 6 heteroatoms. The Balaban J connectivity index is 2.56. The van der Waals surface area contributed by atoms with E-state index >= 15 is 0 Å². The van der Waals surface area contributed by atoms with Crippen molar-refractivity contribution in [2.45, 2.75) is 39.8 Å². The molecule has 0 saturated carbocycles. The van der Waals surface area contributed by atoms with Crippen molar-refractivity contribution < 1.29 is 24.6 Å². The summed E-state index contributed by atoms with van der Waals surface area (Å²) in [5.41, 5.74) is -3.70. The van der Waals surface area contributed by atoms with Crippen LogP contribution < -0.4 is 0 Å². The molecule has 0 aromatic heterocycles. The van der Waals surface area contributed by atoms with E-state index in [0.29, 0.717) is 6.54 Å². The van der Waals surface area contributed by atoms with Crippen molar-refractivity contribution in [2.24, 2.45) is 10.8 Å². The van der Waals surface area contributed by atoms with E-state index in [0.717, 1.165) is 5.56 Å². The number of nitrogens with zero attached hydrogens (tertiary/aromatic N) is 1. The van der Waals surface area contributed by atoms with Gasteiger partial charge in [-0.1, -0.05) is 30.3 Å². The van der Waals surface area contributed by atoms with Gasteiger partial charge in [-0.05, 0) is 33.3 Å². The van der Waals surface area contributed by atoms with Gasteiger partial charge in [0.05, 0.1) is 0 Å². The third-order valence-electron chi connectivity index (χ3n) is 5.59. The summed E-state index contributed by atoms with van der Waals surface area (Å²) >= 11 is 0. The van der Waals surface area contributed by atoms with Crippen LogP contribution in [0.25, 0.3) is 0 Å². The number of benzene rings is 1. The SMILES string of the molecule is CC1(C(=O)O)CN(Cc2ccccc2)C(C)(C)C(C)(C(=O)O)C1=O. The number of Topliss-reactive ketones (excluding diaryl/α,β-unsaturated/α-hetero) is 1. The molecule has 1 saturated heterocycles. The van der Waals surface area contributed by atoms with Gasteiger partial charge in [-0.25, -0.2) is 0 Å². The molecule has 2 atom stereocenters. The van der Waals surface area contributed by atoms with Crippen LogP contribution in [0.2, 0.25) is 0 Å². The lowest BCUT2D eigenvalue weighted by Crippen LogP contribution is -2.72. The maximum absolute atomic E-state index is 12.9. The average molecular weight is 333 g/mol. The highest BCUT2D eigenvalue weighted by Gasteiger charge is 2.66. The Labute approximate surface area is 141 Å². The second-order valence-electron chi connectivity index (χ2n) is 7.30. The van der Waals surface area contributed by atoms with Crippen molar-refractivity contribution in [3.8, 4) is 0 Å². The van der Waals surface area contributed by atoms with E-state index in [-0.39, 0.29) is 6.54 Å². The van der Waals surface area contributed by atoms with Crippen LogP contribution in [0.1, 0.15) is 33.3 Å². The fourth-order valence-corrected chi connectivity index (χ4v) is 3.38. The topological polar surface area (TPSA) is 94.9 Å². The summed E-state index contributed by atoms with van der Waals surface area (Å²) in [6.45, 7) is 6.34. The van der Waals surface area contributed by atoms with Crippen molar-refractivity contribution >= 4 is 17.7 Å². The molecule has 0 amide bonds. The number of piperidine rings is 1. The van der Waals surface area contributed by atoms with Crippen LogP contribution in [0.15, 0.2) is 30.3 Å². The molecule has 2 unspecified atom stereocenters. The van der Waals surface area contributed by atoms with Crippen LogP contribution in [-0.4, -0.2) is 44.9 Å². The number of likely N-dealkylation sites (tertiary alicyclic amines) is 1. The highest BCUT2D eigenvalue weighted by molar-refractivity contribution is 6.15. The summed E-state index contributed by atoms with van der Waals surface area (Å²) in [6, 6.07) is 9.39. The van der Waals surface area contributed by atoms with Crippen LogP contribution in [0.5, 0.6) is 0 Å². The van der Waals surface area contributed by atoms with Gasteiger partial charge in [0.1, 0.15) is 10.8 Å². The zero-order chi connectivity index (χ0) is 18.3. The summed E-state index contributed by atoms with van der Waals surface area (Å²) in [6.07, 6.45) is 0. The van der Waals surface area contributed by atoms with Crippen LogP contribution in [0.4, 0.5) is 0 Å². The standard InChI is InChI=1S/C18H23NO5/c1-16(2)18(4,15(23)24)13(20)17(3,14(21)22)11-19(16)10-12-8-6-5-7-9-12/h5-9H,10-11H2,1-4H3,(H,21,22)(H,23,24). The van der Waals surface area contributed by atoms with E-state index in [1.165, 1.54) is 13.8 Å². The number of hydrogen-bond donors (Lipinski definition) is 2. The van der Waals surface area contributed by atoms with Crippen molar-refractivity contribution in [3.63, 3.8) is 0 Å². The average Bonchev–Trinajstić information content (AvgIpc) is 2.51. The first-order chi connectivity index (χ1) is 11.0. The minimum absolute atomic E-state index is 0.0358. The van der Waals surface area contributed by atoms with E-state index in [2.05, 4.69) is 0 Å². The van der Waals surface area contributed by atoms with Crippen LogP contribution in [0.3, 0.4) is 0 Å².